The molecular weight excluding hydrogens is 493 g/mol. The van der Waals surface area contributed by atoms with Gasteiger partial charge in [-0.15, -0.1) is 24.0 Å². The summed E-state index contributed by atoms with van der Waals surface area (Å²) < 4.78 is 11.1. The molecule has 0 radical (unpaired) electrons. The van der Waals surface area contributed by atoms with E-state index < -0.39 is 0 Å². The Hall–Kier alpha value is -1.65. The number of aliphatic imine (C=N–C) groups is 1. The van der Waals surface area contributed by atoms with Gasteiger partial charge in [-0.25, -0.2) is 4.98 Å². The summed E-state index contributed by atoms with van der Waals surface area (Å²) in [5.74, 6) is 2.18. The summed E-state index contributed by atoms with van der Waals surface area (Å²) in [5.41, 5.74) is 1.84. The lowest BCUT2D eigenvalue weighted by Crippen LogP contribution is -2.49. The van der Waals surface area contributed by atoms with Crippen molar-refractivity contribution in [3.05, 3.63) is 42.3 Å². The Morgan fingerprint density at radius 1 is 1.20 bits per heavy atom. The maximum atomic E-state index is 5.61. The number of oxazole rings is 1. The zero-order chi connectivity index (χ0) is 19.9. The van der Waals surface area contributed by atoms with Crippen molar-refractivity contribution in [2.75, 3.05) is 39.9 Å². The SMILES string of the molecule is CN=C(NCc1coc(-c2ccccc2)n1)NC1CCN(CC2CCOC2)CC1.I. The van der Waals surface area contributed by atoms with Crippen molar-refractivity contribution in [2.45, 2.75) is 31.8 Å². The number of guanidine groups is 1. The van der Waals surface area contributed by atoms with Gasteiger partial charge in [0.2, 0.25) is 5.89 Å². The average molecular weight is 525 g/mol. The van der Waals surface area contributed by atoms with Crippen LogP contribution in [0, 0.1) is 5.92 Å². The first kappa shape index (κ1) is 23.0. The lowest BCUT2D eigenvalue weighted by Gasteiger charge is -2.34. The minimum absolute atomic E-state index is 0. The third-order valence-corrected chi connectivity index (χ3v) is 5.70. The fourth-order valence-electron chi connectivity index (χ4n) is 4.02. The predicted molar refractivity (Wildman–Crippen MR) is 129 cm³/mol. The molecule has 164 valence electrons. The average Bonchev–Trinajstić information content (AvgIpc) is 3.45. The van der Waals surface area contributed by atoms with Crippen LogP contribution < -0.4 is 10.6 Å². The molecule has 2 aliphatic rings. The molecule has 4 rings (SSSR count). The second-order valence-corrected chi connectivity index (χ2v) is 7.88. The minimum atomic E-state index is 0. The molecule has 3 heterocycles. The molecule has 2 aromatic rings. The molecule has 0 saturated carbocycles. The van der Waals surface area contributed by atoms with Crippen LogP contribution in [0.3, 0.4) is 0 Å². The van der Waals surface area contributed by atoms with Crippen LogP contribution in [0.4, 0.5) is 0 Å². The highest BCUT2D eigenvalue weighted by Crippen LogP contribution is 2.19. The van der Waals surface area contributed by atoms with E-state index >= 15 is 0 Å². The number of likely N-dealkylation sites (tertiary alicyclic amines) is 1. The fourth-order valence-corrected chi connectivity index (χ4v) is 4.02. The molecule has 2 saturated heterocycles. The first-order chi connectivity index (χ1) is 14.3. The van der Waals surface area contributed by atoms with Crippen LogP contribution in [0.25, 0.3) is 11.5 Å². The van der Waals surface area contributed by atoms with E-state index in [0.29, 0.717) is 18.5 Å². The third kappa shape index (κ3) is 6.42. The first-order valence-electron chi connectivity index (χ1n) is 10.6. The summed E-state index contributed by atoms with van der Waals surface area (Å²) >= 11 is 0. The molecule has 2 N–H and O–H groups in total. The first-order valence-corrected chi connectivity index (χ1v) is 10.6. The van der Waals surface area contributed by atoms with Crippen LogP contribution in [0.15, 0.2) is 46.0 Å². The molecule has 0 amide bonds. The van der Waals surface area contributed by atoms with Crippen LogP contribution in [-0.4, -0.2) is 61.8 Å². The van der Waals surface area contributed by atoms with Crippen LogP contribution in [0.2, 0.25) is 0 Å². The van der Waals surface area contributed by atoms with Crippen molar-refractivity contribution < 1.29 is 9.15 Å². The van der Waals surface area contributed by atoms with E-state index in [0.717, 1.165) is 62.3 Å². The van der Waals surface area contributed by atoms with Crippen molar-refractivity contribution in [2.24, 2.45) is 10.9 Å². The van der Waals surface area contributed by atoms with Gasteiger partial charge in [0, 0.05) is 44.9 Å². The summed E-state index contributed by atoms with van der Waals surface area (Å²) in [7, 11) is 1.81. The molecule has 0 aliphatic carbocycles. The highest BCUT2D eigenvalue weighted by molar-refractivity contribution is 14.0. The molecule has 0 spiro atoms. The van der Waals surface area contributed by atoms with Gasteiger partial charge in [0.15, 0.2) is 5.96 Å². The second-order valence-electron chi connectivity index (χ2n) is 7.88. The molecule has 7 nitrogen and oxygen atoms in total. The number of halogens is 1. The Labute approximate surface area is 195 Å². The van der Waals surface area contributed by atoms with E-state index in [2.05, 4.69) is 25.5 Å². The van der Waals surface area contributed by atoms with Crippen LogP contribution in [0.1, 0.15) is 25.0 Å². The van der Waals surface area contributed by atoms with E-state index in [9.17, 15) is 0 Å². The smallest absolute Gasteiger partial charge is 0.226 e. The molecule has 1 unspecified atom stereocenters. The van der Waals surface area contributed by atoms with Gasteiger partial charge >= 0.3 is 0 Å². The summed E-state index contributed by atoms with van der Waals surface area (Å²) in [4.78, 5) is 11.5. The van der Waals surface area contributed by atoms with Crippen molar-refractivity contribution in [1.29, 1.82) is 0 Å². The lowest BCUT2D eigenvalue weighted by molar-refractivity contribution is 0.150. The molecule has 1 atom stereocenters. The van der Waals surface area contributed by atoms with Crippen LogP contribution >= 0.6 is 24.0 Å². The highest BCUT2D eigenvalue weighted by atomic mass is 127. The highest BCUT2D eigenvalue weighted by Gasteiger charge is 2.24. The molecule has 30 heavy (non-hydrogen) atoms. The number of aromatic nitrogens is 1. The van der Waals surface area contributed by atoms with Crippen molar-refractivity contribution in [3.63, 3.8) is 0 Å². The van der Waals surface area contributed by atoms with E-state index in [4.69, 9.17) is 9.15 Å². The van der Waals surface area contributed by atoms with E-state index in [1.807, 2.05) is 37.4 Å². The van der Waals surface area contributed by atoms with E-state index in [1.54, 1.807) is 6.26 Å². The lowest BCUT2D eigenvalue weighted by atomic mass is 10.0. The number of benzene rings is 1. The molecule has 8 heteroatoms. The van der Waals surface area contributed by atoms with Crippen molar-refractivity contribution in [3.8, 4) is 11.5 Å². The standard InChI is InChI=1S/C22H31N5O2.HI/c1-23-22(24-13-20-16-29-21(25-20)18-5-3-2-4-6-18)26-19-7-10-27(11-8-19)14-17-9-12-28-15-17;/h2-6,16-17,19H,7-15H2,1H3,(H2,23,24,26);1H. The van der Waals surface area contributed by atoms with Gasteiger partial charge in [-0.2, -0.15) is 0 Å². The number of ether oxygens (including phenoxy) is 1. The van der Waals surface area contributed by atoms with Gasteiger partial charge < -0.3 is 24.7 Å². The van der Waals surface area contributed by atoms with Crippen LogP contribution in [-0.2, 0) is 11.3 Å². The molecule has 1 aromatic carbocycles. The minimum Gasteiger partial charge on any atom is -0.444 e. The second kappa shape index (κ2) is 11.7. The number of hydrogen-bond donors (Lipinski definition) is 2. The van der Waals surface area contributed by atoms with Gasteiger partial charge in [-0.05, 0) is 37.3 Å². The molecular formula is C22H32IN5O2. The number of rotatable bonds is 6. The topological polar surface area (TPSA) is 74.9 Å². The Morgan fingerprint density at radius 3 is 2.70 bits per heavy atom. The van der Waals surface area contributed by atoms with Crippen molar-refractivity contribution >= 4 is 29.9 Å². The zero-order valence-corrected chi connectivity index (χ0v) is 19.9. The number of hydrogen-bond acceptors (Lipinski definition) is 5. The molecule has 0 bridgehead atoms. The zero-order valence-electron chi connectivity index (χ0n) is 17.5. The molecule has 1 aromatic heterocycles. The normalized spacial score (nSPS) is 20.7. The van der Waals surface area contributed by atoms with E-state index in [-0.39, 0.29) is 24.0 Å². The summed E-state index contributed by atoms with van der Waals surface area (Å²) in [6.45, 7) is 5.89. The summed E-state index contributed by atoms with van der Waals surface area (Å²) in [5, 5.41) is 6.91. The number of nitrogens with one attached hydrogen (secondary N) is 2. The maximum Gasteiger partial charge on any atom is 0.226 e. The monoisotopic (exact) mass is 525 g/mol. The molecule has 2 aliphatic heterocycles. The fraction of sp³-hybridized carbons (Fsp3) is 0.545. The predicted octanol–water partition coefficient (Wildman–Crippen LogP) is 3.13. The Morgan fingerprint density at radius 2 is 2.00 bits per heavy atom. The Balaban J connectivity index is 0.00000256. The van der Waals surface area contributed by atoms with Crippen molar-refractivity contribution in [1.82, 2.24) is 20.5 Å². The van der Waals surface area contributed by atoms with Gasteiger partial charge in [0.25, 0.3) is 0 Å². The molecule has 2 fully saturated rings. The Bertz CT molecular complexity index is 784. The largest absolute Gasteiger partial charge is 0.444 e. The van der Waals surface area contributed by atoms with Crippen LogP contribution in [0.5, 0.6) is 0 Å². The van der Waals surface area contributed by atoms with Gasteiger partial charge in [-0.3, -0.25) is 4.99 Å². The third-order valence-electron chi connectivity index (χ3n) is 5.70. The quantitative estimate of drug-likeness (QED) is 0.343. The summed E-state index contributed by atoms with van der Waals surface area (Å²) in [6, 6.07) is 10.4. The van der Waals surface area contributed by atoms with E-state index in [1.165, 1.54) is 13.0 Å². The van der Waals surface area contributed by atoms with Gasteiger partial charge in [0.05, 0.1) is 18.8 Å². The summed E-state index contributed by atoms with van der Waals surface area (Å²) in [6.07, 6.45) is 5.18. The number of piperidine rings is 1. The Kier molecular flexibility index (Phi) is 8.95. The number of nitrogens with zero attached hydrogens (tertiary/aromatic N) is 3. The van der Waals surface area contributed by atoms with Gasteiger partial charge in [-0.1, -0.05) is 18.2 Å². The maximum absolute atomic E-state index is 5.61. The van der Waals surface area contributed by atoms with Gasteiger partial charge in [0.1, 0.15) is 6.26 Å².